The number of carboxylic acids is 1. The van der Waals surface area contributed by atoms with Crippen molar-refractivity contribution < 1.29 is 19.5 Å². The molecule has 0 saturated carbocycles. The standard InChI is InChI=1S/C16H11BrN2O4S2/c1-2-5-18-10-4-3-8(17)6-9(10)12(14(18)22)13-15(23)19(7-11(20)21)16(24)25-13/h2-4,6H,1,5,7H2,(H,20,21). The maximum Gasteiger partial charge on any atom is 0.323 e. The Labute approximate surface area is 161 Å². The van der Waals surface area contributed by atoms with Gasteiger partial charge in [0.05, 0.1) is 16.2 Å². The van der Waals surface area contributed by atoms with Crippen molar-refractivity contribution in [1.29, 1.82) is 0 Å². The van der Waals surface area contributed by atoms with E-state index < -0.39 is 18.4 Å². The zero-order chi connectivity index (χ0) is 18.3. The number of amides is 2. The van der Waals surface area contributed by atoms with Gasteiger partial charge < -0.3 is 10.0 Å². The first-order valence-corrected chi connectivity index (χ1v) is 9.09. The molecule has 9 heteroatoms. The molecule has 2 heterocycles. The third-order valence-corrected chi connectivity index (χ3v) is 5.60. The van der Waals surface area contributed by atoms with Crippen molar-refractivity contribution in [1.82, 2.24) is 4.90 Å². The number of benzene rings is 1. The summed E-state index contributed by atoms with van der Waals surface area (Å²) < 4.78 is 0.888. The van der Waals surface area contributed by atoms with Crippen molar-refractivity contribution in [3.63, 3.8) is 0 Å². The van der Waals surface area contributed by atoms with Crippen LogP contribution in [0.1, 0.15) is 5.56 Å². The predicted molar refractivity (Wildman–Crippen MR) is 103 cm³/mol. The molecule has 1 N–H and O–H groups in total. The van der Waals surface area contributed by atoms with Crippen molar-refractivity contribution in [2.24, 2.45) is 0 Å². The molecule has 6 nitrogen and oxygen atoms in total. The van der Waals surface area contributed by atoms with Crippen LogP contribution in [0.2, 0.25) is 0 Å². The van der Waals surface area contributed by atoms with Gasteiger partial charge in [-0.3, -0.25) is 19.3 Å². The number of carbonyl (C=O) groups is 3. The predicted octanol–water partition coefficient (Wildman–Crippen LogP) is 2.64. The minimum Gasteiger partial charge on any atom is -0.480 e. The number of rotatable bonds is 4. The molecule has 25 heavy (non-hydrogen) atoms. The topological polar surface area (TPSA) is 77.9 Å². The molecule has 1 saturated heterocycles. The minimum absolute atomic E-state index is 0.126. The van der Waals surface area contributed by atoms with Gasteiger partial charge in [-0.1, -0.05) is 46.0 Å². The van der Waals surface area contributed by atoms with Crippen LogP contribution in [0.25, 0.3) is 5.57 Å². The molecule has 2 aliphatic rings. The summed E-state index contributed by atoms with van der Waals surface area (Å²) in [5, 5.41) is 8.95. The molecule has 0 atom stereocenters. The first-order valence-electron chi connectivity index (χ1n) is 7.07. The molecule has 0 bridgehead atoms. The van der Waals surface area contributed by atoms with E-state index in [1.165, 1.54) is 4.90 Å². The third kappa shape index (κ3) is 3.03. The average molecular weight is 439 g/mol. The SMILES string of the molecule is C=CCN1C(=O)C(=C2SC(=S)N(CC(=O)O)C2=O)c2cc(Br)ccc21. The number of hydrogen-bond donors (Lipinski definition) is 1. The number of hydrogen-bond acceptors (Lipinski definition) is 5. The highest BCUT2D eigenvalue weighted by atomic mass is 79.9. The van der Waals surface area contributed by atoms with Gasteiger partial charge in [0.25, 0.3) is 11.8 Å². The van der Waals surface area contributed by atoms with Crippen LogP contribution in [0.4, 0.5) is 5.69 Å². The van der Waals surface area contributed by atoms with Gasteiger partial charge in [-0.15, -0.1) is 6.58 Å². The monoisotopic (exact) mass is 438 g/mol. The lowest BCUT2D eigenvalue weighted by Gasteiger charge is -2.14. The molecular formula is C16H11BrN2O4S2. The van der Waals surface area contributed by atoms with Gasteiger partial charge in [0, 0.05) is 16.6 Å². The highest BCUT2D eigenvalue weighted by molar-refractivity contribution is 9.10. The number of halogens is 1. The summed E-state index contributed by atoms with van der Waals surface area (Å²) in [4.78, 5) is 39.1. The van der Waals surface area contributed by atoms with Crippen molar-refractivity contribution in [3.8, 4) is 0 Å². The molecule has 0 radical (unpaired) electrons. The fourth-order valence-corrected chi connectivity index (χ4v) is 4.34. The summed E-state index contributed by atoms with van der Waals surface area (Å²) in [5.41, 5.74) is 1.52. The molecule has 2 amide bonds. The zero-order valence-electron chi connectivity index (χ0n) is 12.7. The van der Waals surface area contributed by atoms with Crippen LogP contribution in [-0.2, 0) is 14.4 Å². The highest BCUT2D eigenvalue weighted by Gasteiger charge is 2.42. The van der Waals surface area contributed by atoms with Gasteiger partial charge in [0.15, 0.2) is 0 Å². The number of carbonyl (C=O) groups excluding carboxylic acids is 2. The molecule has 1 aromatic carbocycles. The molecule has 0 aliphatic carbocycles. The van der Waals surface area contributed by atoms with Crippen molar-refractivity contribution in [2.75, 3.05) is 18.0 Å². The van der Waals surface area contributed by atoms with Crippen LogP contribution in [0, 0.1) is 0 Å². The van der Waals surface area contributed by atoms with Gasteiger partial charge in [-0.05, 0) is 18.2 Å². The van der Waals surface area contributed by atoms with Gasteiger partial charge >= 0.3 is 5.97 Å². The zero-order valence-corrected chi connectivity index (χ0v) is 15.9. The lowest BCUT2D eigenvalue weighted by atomic mass is 10.1. The van der Waals surface area contributed by atoms with Crippen LogP contribution >= 0.6 is 39.9 Å². The van der Waals surface area contributed by atoms with Gasteiger partial charge in [0.1, 0.15) is 10.9 Å². The Balaban J connectivity index is 2.15. The van der Waals surface area contributed by atoms with E-state index in [2.05, 4.69) is 22.5 Å². The Bertz CT molecular complexity index is 881. The van der Waals surface area contributed by atoms with Crippen LogP contribution in [0.15, 0.2) is 40.2 Å². The molecule has 128 valence electrons. The fourth-order valence-electron chi connectivity index (χ4n) is 2.65. The Morgan fingerprint density at radius 3 is 2.68 bits per heavy atom. The summed E-state index contributed by atoms with van der Waals surface area (Å²) >= 11 is 9.44. The van der Waals surface area contributed by atoms with Gasteiger partial charge in [0.2, 0.25) is 0 Å². The van der Waals surface area contributed by atoms with E-state index in [1.54, 1.807) is 24.3 Å². The summed E-state index contributed by atoms with van der Waals surface area (Å²) in [6.45, 7) is 3.43. The Morgan fingerprint density at radius 2 is 2.04 bits per heavy atom. The van der Waals surface area contributed by atoms with Crippen LogP contribution in [0.3, 0.4) is 0 Å². The number of thiocarbonyl (C=S) groups is 1. The quantitative estimate of drug-likeness (QED) is 0.442. The number of aliphatic carboxylic acids is 1. The molecule has 1 aromatic rings. The third-order valence-electron chi connectivity index (χ3n) is 3.66. The first-order chi connectivity index (χ1) is 11.8. The van der Waals surface area contributed by atoms with Gasteiger partial charge in [-0.2, -0.15) is 0 Å². The lowest BCUT2D eigenvalue weighted by molar-refractivity contribution is -0.140. The smallest absolute Gasteiger partial charge is 0.323 e. The molecule has 3 rings (SSSR count). The second-order valence-corrected chi connectivity index (χ2v) is 7.78. The van der Waals surface area contributed by atoms with Crippen molar-refractivity contribution in [2.45, 2.75) is 0 Å². The summed E-state index contributed by atoms with van der Waals surface area (Å²) in [7, 11) is 0. The Kier molecular flexibility index (Phi) is 4.81. The van der Waals surface area contributed by atoms with E-state index in [4.69, 9.17) is 17.3 Å². The fraction of sp³-hybridized carbons (Fsp3) is 0.125. The number of anilines is 1. The van der Waals surface area contributed by atoms with Crippen molar-refractivity contribution in [3.05, 3.63) is 45.8 Å². The lowest BCUT2D eigenvalue weighted by Crippen LogP contribution is -2.33. The molecule has 0 unspecified atom stereocenters. The van der Waals surface area contributed by atoms with E-state index in [9.17, 15) is 14.4 Å². The van der Waals surface area contributed by atoms with Crippen molar-refractivity contribution >= 4 is 73.3 Å². The summed E-state index contributed by atoms with van der Waals surface area (Å²) in [6.07, 6.45) is 1.60. The average Bonchev–Trinajstić information content (AvgIpc) is 2.96. The Hall–Kier alpha value is -1.97. The van der Waals surface area contributed by atoms with E-state index in [0.717, 1.165) is 21.1 Å². The highest BCUT2D eigenvalue weighted by Crippen LogP contribution is 2.45. The molecule has 0 spiro atoms. The molecular weight excluding hydrogens is 428 g/mol. The van der Waals surface area contributed by atoms with Gasteiger partial charge in [-0.25, -0.2) is 0 Å². The van der Waals surface area contributed by atoms with Crippen LogP contribution in [-0.4, -0.2) is 45.2 Å². The largest absolute Gasteiger partial charge is 0.480 e. The number of nitrogens with zero attached hydrogens (tertiary/aromatic N) is 2. The number of fused-ring (bicyclic) bond motifs is 1. The molecule has 0 aromatic heterocycles. The van der Waals surface area contributed by atoms with E-state index in [0.29, 0.717) is 17.8 Å². The van der Waals surface area contributed by atoms with E-state index in [-0.39, 0.29) is 20.7 Å². The Morgan fingerprint density at radius 1 is 1.32 bits per heavy atom. The minimum atomic E-state index is -1.17. The maximum atomic E-state index is 12.9. The number of thioether (sulfide) groups is 1. The summed E-state index contributed by atoms with van der Waals surface area (Å²) in [6, 6.07) is 5.35. The van der Waals surface area contributed by atoms with E-state index in [1.807, 2.05) is 0 Å². The first kappa shape index (κ1) is 17.8. The molecule has 1 fully saturated rings. The van der Waals surface area contributed by atoms with E-state index >= 15 is 0 Å². The van der Waals surface area contributed by atoms with Crippen LogP contribution in [0.5, 0.6) is 0 Å². The normalized spacial score (nSPS) is 19.6. The second kappa shape index (κ2) is 6.74. The molecule has 2 aliphatic heterocycles. The number of carboxylic acid groups (broad SMARTS) is 1. The van der Waals surface area contributed by atoms with Crippen LogP contribution < -0.4 is 4.90 Å². The maximum absolute atomic E-state index is 12.9. The second-order valence-electron chi connectivity index (χ2n) is 5.22. The summed E-state index contributed by atoms with van der Waals surface area (Å²) in [5.74, 6) is -2.06.